The molecule has 0 aliphatic carbocycles. The fourth-order valence-electron chi connectivity index (χ4n) is 2.32. The first-order chi connectivity index (χ1) is 12.6. The van der Waals surface area contributed by atoms with Crippen LogP contribution < -0.4 is 0 Å². The molecule has 6 nitrogen and oxygen atoms in total. The molecule has 26 heavy (non-hydrogen) atoms. The van der Waals surface area contributed by atoms with Crippen LogP contribution >= 0.6 is 11.3 Å². The Morgan fingerprint density at radius 2 is 1.92 bits per heavy atom. The van der Waals surface area contributed by atoms with Gasteiger partial charge in [-0.1, -0.05) is 31.2 Å². The first kappa shape index (κ1) is 17.9. The van der Waals surface area contributed by atoms with Gasteiger partial charge < -0.3 is 13.9 Å². The van der Waals surface area contributed by atoms with Crippen LogP contribution in [0, 0.1) is 0 Å². The van der Waals surface area contributed by atoms with E-state index in [1.807, 2.05) is 24.3 Å². The molecule has 0 aliphatic rings. The second kappa shape index (κ2) is 7.97. The van der Waals surface area contributed by atoms with Crippen molar-refractivity contribution in [3.8, 4) is 10.6 Å². The maximum absolute atomic E-state index is 12.2. The van der Waals surface area contributed by atoms with Gasteiger partial charge in [-0.05, 0) is 18.1 Å². The maximum Gasteiger partial charge on any atom is 0.374 e. The normalized spacial score (nSPS) is 10.5. The number of furan rings is 1. The molecule has 2 heterocycles. The highest BCUT2D eigenvalue weighted by Crippen LogP contribution is 2.25. The molecule has 3 aromatic rings. The lowest BCUT2D eigenvalue weighted by Gasteiger charge is -2.03. The minimum Gasteiger partial charge on any atom is -0.463 e. The summed E-state index contributed by atoms with van der Waals surface area (Å²) < 4.78 is 14.9. The van der Waals surface area contributed by atoms with E-state index in [2.05, 4.69) is 16.6 Å². The van der Waals surface area contributed by atoms with Crippen LogP contribution in [0.5, 0.6) is 0 Å². The number of esters is 2. The molecule has 7 heteroatoms. The molecule has 0 fully saturated rings. The van der Waals surface area contributed by atoms with Crippen LogP contribution in [-0.4, -0.2) is 24.0 Å². The van der Waals surface area contributed by atoms with Crippen molar-refractivity contribution in [1.29, 1.82) is 0 Å². The second-order valence-corrected chi connectivity index (χ2v) is 6.29. The smallest absolute Gasteiger partial charge is 0.374 e. The number of benzene rings is 1. The van der Waals surface area contributed by atoms with Crippen molar-refractivity contribution in [3.05, 3.63) is 64.6 Å². The molecule has 0 spiro atoms. The van der Waals surface area contributed by atoms with Gasteiger partial charge in [0.05, 0.1) is 13.4 Å². The Hall–Kier alpha value is -2.93. The van der Waals surface area contributed by atoms with Gasteiger partial charge in [0.1, 0.15) is 11.6 Å². The Labute approximate surface area is 154 Å². The second-order valence-electron chi connectivity index (χ2n) is 5.43. The number of hydrogen-bond acceptors (Lipinski definition) is 7. The minimum atomic E-state index is -0.618. The highest BCUT2D eigenvalue weighted by molar-refractivity contribution is 7.13. The van der Waals surface area contributed by atoms with Crippen molar-refractivity contribution in [2.75, 3.05) is 7.11 Å². The summed E-state index contributed by atoms with van der Waals surface area (Å²) in [6, 6.07) is 9.62. The molecule has 1 aromatic carbocycles. The van der Waals surface area contributed by atoms with E-state index in [4.69, 9.17) is 9.15 Å². The molecule has 0 saturated carbocycles. The van der Waals surface area contributed by atoms with Gasteiger partial charge in [0.25, 0.3) is 0 Å². The molecule has 0 bridgehead atoms. The Morgan fingerprint density at radius 3 is 2.62 bits per heavy atom. The van der Waals surface area contributed by atoms with E-state index in [1.54, 1.807) is 11.4 Å². The predicted octanol–water partition coefficient (Wildman–Crippen LogP) is 4.11. The number of aryl methyl sites for hydroxylation is 1. The van der Waals surface area contributed by atoms with Crippen molar-refractivity contribution in [2.45, 2.75) is 20.0 Å². The number of ether oxygens (including phenoxy) is 2. The van der Waals surface area contributed by atoms with Gasteiger partial charge in [-0.15, -0.1) is 11.3 Å². The van der Waals surface area contributed by atoms with Crippen molar-refractivity contribution in [3.63, 3.8) is 0 Å². The Balaban J connectivity index is 1.67. The van der Waals surface area contributed by atoms with E-state index in [0.717, 1.165) is 17.0 Å². The number of methoxy groups -OCH3 is 1. The fourth-order valence-corrected chi connectivity index (χ4v) is 3.12. The van der Waals surface area contributed by atoms with Gasteiger partial charge in [0, 0.05) is 16.5 Å². The van der Waals surface area contributed by atoms with Gasteiger partial charge in [0.2, 0.25) is 5.76 Å². The third-order valence-corrected chi connectivity index (χ3v) is 4.69. The van der Waals surface area contributed by atoms with Gasteiger partial charge >= 0.3 is 11.9 Å². The van der Waals surface area contributed by atoms with E-state index in [-0.39, 0.29) is 18.1 Å². The Kier molecular flexibility index (Phi) is 5.48. The summed E-state index contributed by atoms with van der Waals surface area (Å²) in [5.74, 6) is -1.16. The zero-order chi connectivity index (χ0) is 18.5. The Morgan fingerprint density at radius 1 is 1.15 bits per heavy atom. The average Bonchev–Trinajstić information content (AvgIpc) is 3.35. The van der Waals surface area contributed by atoms with E-state index >= 15 is 0 Å². The van der Waals surface area contributed by atoms with Crippen LogP contribution in [0.1, 0.15) is 39.1 Å². The Bertz CT molecular complexity index is 910. The molecule has 134 valence electrons. The van der Waals surface area contributed by atoms with Crippen LogP contribution in [0.2, 0.25) is 0 Å². The topological polar surface area (TPSA) is 78.6 Å². The quantitative estimate of drug-likeness (QED) is 0.607. The highest BCUT2D eigenvalue weighted by atomic mass is 32.1. The molecular formula is C19H17NO5S. The van der Waals surface area contributed by atoms with Gasteiger partial charge in [0.15, 0.2) is 5.69 Å². The van der Waals surface area contributed by atoms with Gasteiger partial charge in [-0.25, -0.2) is 14.6 Å². The van der Waals surface area contributed by atoms with Crippen molar-refractivity contribution < 1.29 is 23.5 Å². The van der Waals surface area contributed by atoms with Crippen molar-refractivity contribution >= 4 is 23.3 Å². The summed E-state index contributed by atoms with van der Waals surface area (Å²) in [6.45, 7) is 2.00. The third kappa shape index (κ3) is 3.83. The molecule has 2 aromatic heterocycles. The fraction of sp³-hybridized carbons (Fsp3) is 0.211. The number of rotatable bonds is 6. The molecule has 0 N–H and O–H groups in total. The van der Waals surface area contributed by atoms with Crippen molar-refractivity contribution in [1.82, 2.24) is 4.98 Å². The number of carbonyl (C=O) groups is 2. The first-order valence-corrected chi connectivity index (χ1v) is 8.87. The number of thiazole rings is 1. The van der Waals surface area contributed by atoms with Gasteiger partial charge in [-0.3, -0.25) is 0 Å². The maximum atomic E-state index is 12.2. The molecule has 0 amide bonds. The first-order valence-electron chi connectivity index (χ1n) is 7.99. The molecule has 0 atom stereocenters. The molecular weight excluding hydrogens is 354 g/mol. The lowest BCUT2D eigenvalue weighted by atomic mass is 10.1. The lowest BCUT2D eigenvalue weighted by molar-refractivity contribution is 0.0448. The third-order valence-electron chi connectivity index (χ3n) is 3.80. The molecule has 0 saturated heterocycles. The van der Waals surface area contributed by atoms with Crippen LogP contribution in [-0.2, 0) is 22.5 Å². The predicted molar refractivity (Wildman–Crippen MR) is 96.1 cm³/mol. The minimum absolute atomic E-state index is 0.0234. The van der Waals surface area contributed by atoms with E-state index in [9.17, 15) is 9.59 Å². The highest BCUT2D eigenvalue weighted by Gasteiger charge is 2.19. The SMILES string of the molecule is CCc1ccc(-c2nc(C(=O)OCc3ccoc3C(=O)OC)cs2)cc1. The summed E-state index contributed by atoms with van der Waals surface area (Å²) in [5.41, 5.74) is 2.86. The number of hydrogen-bond donors (Lipinski definition) is 0. The zero-order valence-corrected chi connectivity index (χ0v) is 15.2. The average molecular weight is 371 g/mol. The summed E-state index contributed by atoms with van der Waals surface area (Å²) in [6.07, 6.45) is 2.31. The van der Waals surface area contributed by atoms with Crippen molar-refractivity contribution in [2.24, 2.45) is 0 Å². The summed E-state index contributed by atoms with van der Waals surface area (Å²) in [4.78, 5) is 28.1. The standard InChI is InChI=1S/C19H17NO5S/c1-3-12-4-6-13(7-5-12)17-20-15(11-26-17)18(21)25-10-14-8-9-24-16(14)19(22)23-2/h4-9,11H,3,10H2,1-2H3. The molecule has 0 aliphatic heterocycles. The summed E-state index contributed by atoms with van der Waals surface area (Å²) in [5, 5.41) is 2.40. The van der Waals surface area contributed by atoms with Crippen LogP contribution in [0.4, 0.5) is 0 Å². The van der Waals surface area contributed by atoms with E-state index < -0.39 is 11.9 Å². The summed E-state index contributed by atoms with van der Waals surface area (Å²) in [7, 11) is 1.25. The molecule has 0 radical (unpaired) electrons. The monoisotopic (exact) mass is 371 g/mol. The number of carbonyl (C=O) groups excluding carboxylic acids is 2. The van der Waals surface area contributed by atoms with Gasteiger partial charge in [-0.2, -0.15) is 0 Å². The van der Waals surface area contributed by atoms with E-state index in [0.29, 0.717) is 5.56 Å². The summed E-state index contributed by atoms with van der Waals surface area (Å²) >= 11 is 1.37. The number of aromatic nitrogens is 1. The lowest BCUT2D eigenvalue weighted by Crippen LogP contribution is -2.08. The largest absolute Gasteiger partial charge is 0.463 e. The molecule has 3 rings (SSSR count). The zero-order valence-electron chi connectivity index (χ0n) is 14.4. The number of nitrogens with zero attached hydrogens (tertiary/aromatic N) is 1. The van der Waals surface area contributed by atoms with Crippen LogP contribution in [0.3, 0.4) is 0 Å². The van der Waals surface area contributed by atoms with Crippen LogP contribution in [0.15, 0.2) is 46.4 Å². The van der Waals surface area contributed by atoms with E-state index in [1.165, 1.54) is 30.3 Å². The molecule has 0 unspecified atom stereocenters. The van der Waals surface area contributed by atoms with Crippen LogP contribution in [0.25, 0.3) is 10.6 Å².